The second kappa shape index (κ2) is 7.93. The third kappa shape index (κ3) is 3.77. The summed E-state index contributed by atoms with van der Waals surface area (Å²) in [6.45, 7) is 6.92. The largest absolute Gasteiger partial charge is 0.480 e. The molecule has 2 aliphatic heterocycles. The van der Waals surface area contributed by atoms with E-state index in [9.17, 15) is 14.7 Å². The summed E-state index contributed by atoms with van der Waals surface area (Å²) in [4.78, 5) is 33.8. The minimum Gasteiger partial charge on any atom is -0.480 e. The van der Waals surface area contributed by atoms with E-state index in [0.717, 1.165) is 48.0 Å². The van der Waals surface area contributed by atoms with Gasteiger partial charge in [0.2, 0.25) is 5.91 Å². The number of nitrogens with one attached hydrogen (secondary N) is 1. The number of rotatable bonds is 5. The topological polar surface area (TPSA) is 79.9 Å². The van der Waals surface area contributed by atoms with Gasteiger partial charge in [0.05, 0.1) is 6.54 Å². The van der Waals surface area contributed by atoms with Crippen molar-refractivity contribution in [2.24, 2.45) is 0 Å². The average molecular weight is 384 g/mol. The molecule has 2 aromatic rings. The number of H-pyrrole nitrogens is 1. The van der Waals surface area contributed by atoms with Gasteiger partial charge in [0.25, 0.3) is 0 Å². The number of fused-ring (bicyclic) bond motifs is 1. The van der Waals surface area contributed by atoms with Crippen molar-refractivity contribution >= 4 is 22.8 Å². The van der Waals surface area contributed by atoms with Crippen LogP contribution in [0.3, 0.4) is 0 Å². The van der Waals surface area contributed by atoms with Crippen molar-refractivity contribution in [2.75, 3.05) is 45.8 Å². The number of benzene rings is 1. The molecule has 0 radical (unpaired) electrons. The first-order chi connectivity index (χ1) is 13.5. The number of carboxylic acids is 1. The molecular formula is C21H28N4O3. The first-order valence-corrected chi connectivity index (χ1v) is 10.1. The summed E-state index contributed by atoms with van der Waals surface area (Å²) in [5.41, 5.74) is 2.89. The van der Waals surface area contributed by atoms with Crippen molar-refractivity contribution < 1.29 is 14.7 Å². The molecule has 150 valence electrons. The van der Waals surface area contributed by atoms with Gasteiger partial charge < -0.3 is 15.0 Å². The molecule has 4 rings (SSSR count). The molecule has 0 aliphatic carbocycles. The van der Waals surface area contributed by atoms with E-state index in [2.05, 4.69) is 9.88 Å². The molecule has 2 saturated heterocycles. The van der Waals surface area contributed by atoms with Crippen LogP contribution < -0.4 is 0 Å². The Morgan fingerprint density at radius 1 is 1.11 bits per heavy atom. The second-order valence-corrected chi connectivity index (χ2v) is 7.93. The molecule has 7 nitrogen and oxygen atoms in total. The summed E-state index contributed by atoms with van der Waals surface area (Å²) in [5, 5.41) is 10.9. The third-order valence-corrected chi connectivity index (χ3v) is 5.99. The van der Waals surface area contributed by atoms with Crippen molar-refractivity contribution in [2.45, 2.75) is 25.8 Å². The molecule has 0 saturated carbocycles. The summed E-state index contributed by atoms with van der Waals surface area (Å²) in [6.07, 6.45) is 4.03. The first-order valence-electron chi connectivity index (χ1n) is 10.1. The minimum atomic E-state index is -0.830. The van der Waals surface area contributed by atoms with E-state index >= 15 is 0 Å². The lowest BCUT2D eigenvalue weighted by Gasteiger charge is -2.37. The molecule has 1 aromatic carbocycles. The third-order valence-electron chi connectivity index (χ3n) is 5.99. The molecule has 7 heteroatoms. The molecule has 1 amide bonds. The van der Waals surface area contributed by atoms with E-state index in [-0.39, 0.29) is 5.91 Å². The first kappa shape index (κ1) is 19.0. The Morgan fingerprint density at radius 2 is 1.82 bits per heavy atom. The maximum atomic E-state index is 12.4. The lowest BCUT2D eigenvalue weighted by atomic mass is 10.0. The molecule has 1 atom stereocenters. The zero-order chi connectivity index (χ0) is 19.7. The molecule has 0 spiro atoms. The number of carboxylic acid groups (broad SMARTS) is 1. The lowest BCUT2D eigenvalue weighted by molar-refractivity contribution is -0.145. The highest BCUT2D eigenvalue weighted by molar-refractivity contribution is 5.89. The smallest absolute Gasteiger partial charge is 0.325 e. The predicted molar refractivity (Wildman–Crippen MR) is 107 cm³/mol. The van der Waals surface area contributed by atoms with Crippen LogP contribution >= 0.6 is 0 Å². The number of aromatic amines is 1. The second-order valence-electron chi connectivity index (χ2n) is 7.93. The van der Waals surface area contributed by atoms with Crippen LogP contribution in [0, 0.1) is 6.92 Å². The number of carbonyl (C=O) groups excluding carboxylic acids is 1. The summed E-state index contributed by atoms with van der Waals surface area (Å²) >= 11 is 0. The Bertz CT molecular complexity index is 864. The highest BCUT2D eigenvalue weighted by atomic mass is 16.4. The van der Waals surface area contributed by atoms with Crippen LogP contribution in [0.25, 0.3) is 10.9 Å². The fourth-order valence-electron chi connectivity index (χ4n) is 4.41. The standard InChI is InChI=1S/C21H28N4O3/c1-15-4-5-18-16(12-15)17(13-22-18)20(21(27)28)25-10-8-23(9-11-25)14-19(26)24-6-2-3-7-24/h4-5,12-13,20,22H,2-3,6-11,14H2,1H3,(H,27,28). The van der Waals surface area contributed by atoms with Gasteiger partial charge in [-0.15, -0.1) is 0 Å². The molecule has 2 fully saturated rings. The van der Waals surface area contributed by atoms with Gasteiger partial charge in [-0.3, -0.25) is 19.4 Å². The van der Waals surface area contributed by atoms with Gasteiger partial charge in [-0.2, -0.15) is 0 Å². The fraction of sp³-hybridized carbons (Fsp3) is 0.524. The van der Waals surface area contributed by atoms with Crippen molar-refractivity contribution in [3.05, 3.63) is 35.5 Å². The van der Waals surface area contributed by atoms with E-state index < -0.39 is 12.0 Å². The van der Waals surface area contributed by atoms with Gasteiger partial charge in [-0.1, -0.05) is 11.6 Å². The molecule has 0 bridgehead atoms. The number of hydrogen-bond acceptors (Lipinski definition) is 4. The highest BCUT2D eigenvalue weighted by Crippen LogP contribution is 2.30. The number of aliphatic carboxylic acids is 1. The number of carbonyl (C=O) groups is 2. The summed E-state index contributed by atoms with van der Waals surface area (Å²) in [5.74, 6) is -0.628. The molecular weight excluding hydrogens is 356 g/mol. The van der Waals surface area contributed by atoms with E-state index in [4.69, 9.17) is 0 Å². The van der Waals surface area contributed by atoms with Gasteiger partial charge in [-0.05, 0) is 31.9 Å². The maximum Gasteiger partial charge on any atom is 0.325 e. The normalized spacial score (nSPS) is 20.0. The number of piperazine rings is 1. The van der Waals surface area contributed by atoms with E-state index in [1.807, 2.05) is 41.1 Å². The number of aromatic nitrogens is 1. The Balaban J connectivity index is 1.44. The average Bonchev–Trinajstić information content (AvgIpc) is 3.34. The number of likely N-dealkylation sites (tertiary alicyclic amines) is 1. The van der Waals surface area contributed by atoms with Crippen LogP contribution in [0.15, 0.2) is 24.4 Å². The van der Waals surface area contributed by atoms with Crippen LogP contribution in [-0.2, 0) is 9.59 Å². The number of amides is 1. The number of nitrogens with zero attached hydrogens (tertiary/aromatic N) is 3. The Hall–Kier alpha value is -2.38. The van der Waals surface area contributed by atoms with Gasteiger partial charge in [-0.25, -0.2) is 0 Å². The Morgan fingerprint density at radius 3 is 2.50 bits per heavy atom. The Kier molecular flexibility index (Phi) is 5.37. The van der Waals surface area contributed by atoms with Crippen molar-refractivity contribution in [3.63, 3.8) is 0 Å². The van der Waals surface area contributed by atoms with Crippen molar-refractivity contribution in [3.8, 4) is 0 Å². The highest BCUT2D eigenvalue weighted by Gasteiger charge is 2.33. The number of hydrogen-bond donors (Lipinski definition) is 2. The molecule has 28 heavy (non-hydrogen) atoms. The van der Waals surface area contributed by atoms with Crippen LogP contribution in [0.5, 0.6) is 0 Å². The molecule has 1 unspecified atom stereocenters. The van der Waals surface area contributed by atoms with Crippen LogP contribution in [-0.4, -0.2) is 82.5 Å². The van der Waals surface area contributed by atoms with E-state index in [0.29, 0.717) is 32.7 Å². The van der Waals surface area contributed by atoms with Gasteiger partial charge in [0.1, 0.15) is 6.04 Å². The fourth-order valence-corrected chi connectivity index (χ4v) is 4.41. The lowest BCUT2D eigenvalue weighted by Crippen LogP contribution is -2.51. The molecule has 1 aromatic heterocycles. The summed E-state index contributed by atoms with van der Waals surface area (Å²) in [7, 11) is 0. The zero-order valence-electron chi connectivity index (χ0n) is 16.4. The van der Waals surface area contributed by atoms with E-state index in [1.165, 1.54) is 0 Å². The molecule has 2 N–H and O–H groups in total. The number of aryl methyl sites for hydroxylation is 1. The SMILES string of the molecule is Cc1ccc2[nH]cc(C(C(=O)O)N3CCN(CC(=O)N4CCCC4)CC3)c2c1. The predicted octanol–water partition coefficient (Wildman–Crippen LogP) is 1.84. The van der Waals surface area contributed by atoms with Crippen LogP contribution in [0.1, 0.15) is 30.0 Å². The Labute approximate surface area is 164 Å². The van der Waals surface area contributed by atoms with Gasteiger partial charge in [0.15, 0.2) is 0 Å². The quantitative estimate of drug-likeness (QED) is 0.822. The van der Waals surface area contributed by atoms with Crippen LogP contribution in [0.4, 0.5) is 0 Å². The summed E-state index contributed by atoms with van der Waals surface area (Å²) in [6, 6.07) is 5.39. The van der Waals surface area contributed by atoms with Crippen molar-refractivity contribution in [1.29, 1.82) is 0 Å². The van der Waals surface area contributed by atoms with Crippen molar-refractivity contribution in [1.82, 2.24) is 19.7 Å². The molecule has 2 aliphatic rings. The van der Waals surface area contributed by atoms with E-state index in [1.54, 1.807) is 0 Å². The monoisotopic (exact) mass is 384 g/mol. The maximum absolute atomic E-state index is 12.4. The van der Waals surface area contributed by atoms with Gasteiger partial charge in [0, 0.05) is 61.9 Å². The molecule has 3 heterocycles. The zero-order valence-corrected chi connectivity index (χ0v) is 16.4. The van der Waals surface area contributed by atoms with Crippen LogP contribution in [0.2, 0.25) is 0 Å². The van der Waals surface area contributed by atoms with Gasteiger partial charge >= 0.3 is 5.97 Å². The summed E-state index contributed by atoms with van der Waals surface area (Å²) < 4.78 is 0. The minimum absolute atomic E-state index is 0.202.